The van der Waals surface area contributed by atoms with Crippen molar-refractivity contribution in [2.75, 3.05) is 11.9 Å². The lowest BCUT2D eigenvalue weighted by Crippen LogP contribution is -2.43. The number of carboxylic acids is 1. The van der Waals surface area contributed by atoms with Crippen molar-refractivity contribution < 1.29 is 24.2 Å². The molecule has 1 fully saturated rings. The molecule has 3 rings (SSSR count). The smallest absolute Gasteiger partial charge is 0.410 e. The van der Waals surface area contributed by atoms with Gasteiger partial charge in [0.25, 0.3) is 0 Å². The molecule has 2 aromatic carbocycles. The van der Waals surface area contributed by atoms with Gasteiger partial charge < -0.3 is 15.2 Å². The van der Waals surface area contributed by atoms with Crippen LogP contribution >= 0.6 is 12.6 Å². The lowest BCUT2D eigenvalue weighted by molar-refractivity contribution is -0.120. The zero-order chi connectivity index (χ0) is 20.1. The fraction of sp³-hybridized carbons (Fsp3) is 0.250. The molecule has 7 nitrogen and oxygen atoms in total. The molecule has 0 radical (unpaired) electrons. The molecule has 0 bridgehead atoms. The Hall–Kier alpha value is -3.00. The summed E-state index contributed by atoms with van der Waals surface area (Å²) in [6.45, 7) is 0.409. The van der Waals surface area contributed by atoms with Crippen molar-refractivity contribution in [3.8, 4) is 0 Å². The highest BCUT2D eigenvalue weighted by Gasteiger charge is 2.39. The van der Waals surface area contributed by atoms with Crippen LogP contribution in [0, 0.1) is 0 Å². The summed E-state index contributed by atoms with van der Waals surface area (Å²) < 4.78 is 5.34. The average molecular weight is 400 g/mol. The van der Waals surface area contributed by atoms with Gasteiger partial charge in [-0.25, -0.2) is 9.59 Å². The van der Waals surface area contributed by atoms with Crippen LogP contribution in [0.25, 0.3) is 0 Å². The number of benzene rings is 2. The molecule has 1 saturated heterocycles. The minimum absolute atomic E-state index is 0.0652. The number of nitrogens with one attached hydrogen (secondary N) is 1. The number of likely N-dealkylation sites (tertiary alicyclic amines) is 1. The van der Waals surface area contributed by atoms with E-state index < -0.39 is 24.0 Å². The Bertz CT molecular complexity index is 874. The first kappa shape index (κ1) is 19.8. The minimum Gasteiger partial charge on any atom is -0.478 e. The van der Waals surface area contributed by atoms with Crippen molar-refractivity contribution in [2.24, 2.45) is 0 Å². The number of thiol groups is 1. The van der Waals surface area contributed by atoms with Crippen molar-refractivity contribution in [3.63, 3.8) is 0 Å². The van der Waals surface area contributed by atoms with Crippen molar-refractivity contribution >= 4 is 36.3 Å². The number of carbonyl (C=O) groups is 3. The van der Waals surface area contributed by atoms with Crippen LogP contribution in [0.1, 0.15) is 22.3 Å². The van der Waals surface area contributed by atoms with Crippen LogP contribution in [-0.4, -0.2) is 45.8 Å². The Morgan fingerprint density at radius 3 is 2.61 bits per heavy atom. The molecule has 2 N–H and O–H groups in total. The third-order valence-electron chi connectivity index (χ3n) is 4.40. The van der Waals surface area contributed by atoms with E-state index in [2.05, 4.69) is 17.9 Å². The van der Waals surface area contributed by atoms with Crippen LogP contribution in [0.15, 0.2) is 54.6 Å². The molecular weight excluding hydrogens is 380 g/mol. The molecule has 1 heterocycles. The molecule has 0 unspecified atom stereocenters. The van der Waals surface area contributed by atoms with Gasteiger partial charge in [-0.1, -0.05) is 36.4 Å². The summed E-state index contributed by atoms with van der Waals surface area (Å²) in [6.07, 6.45) is -0.201. The zero-order valence-corrected chi connectivity index (χ0v) is 15.8. The minimum atomic E-state index is -1.08. The lowest BCUT2D eigenvalue weighted by atomic mass is 10.1. The molecule has 8 heteroatoms. The molecule has 1 aliphatic rings. The van der Waals surface area contributed by atoms with E-state index in [4.69, 9.17) is 9.84 Å². The summed E-state index contributed by atoms with van der Waals surface area (Å²) in [5.41, 5.74) is 1.27. The van der Waals surface area contributed by atoms with E-state index in [1.165, 1.54) is 17.0 Å². The SMILES string of the molecule is O=C(O)c1cccc(NC(=O)[C@@H]2C[C@H](S)CN2C(=O)OCc2ccccc2)c1. The molecule has 0 saturated carbocycles. The monoisotopic (exact) mass is 400 g/mol. The molecule has 28 heavy (non-hydrogen) atoms. The standard InChI is InChI=1S/C20H20N2O5S/c23-18(21-15-8-4-7-14(9-15)19(24)25)17-10-16(28)11-22(17)20(26)27-12-13-5-2-1-3-6-13/h1-9,16-17,28H,10-12H2,(H,21,23)(H,24,25)/t16-,17-/m0/s1. The van der Waals surface area contributed by atoms with Gasteiger partial charge in [0.1, 0.15) is 12.6 Å². The number of carbonyl (C=O) groups excluding carboxylic acids is 2. The van der Waals surface area contributed by atoms with Crippen molar-refractivity contribution in [1.29, 1.82) is 0 Å². The number of hydrogen-bond donors (Lipinski definition) is 3. The average Bonchev–Trinajstić information content (AvgIpc) is 3.09. The van der Waals surface area contributed by atoms with Gasteiger partial charge in [-0.05, 0) is 30.2 Å². The van der Waals surface area contributed by atoms with Gasteiger partial charge in [-0.3, -0.25) is 9.69 Å². The van der Waals surface area contributed by atoms with Gasteiger partial charge in [0, 0.05) is 17.5 Å². The Kier molecular flexibility index (Phi) is 6.20. The summed E-state index contributed by atoms with van der Waals surface area (Å²) in [5, 5.41) is 11.6. The Morgan fingerprint density at radius 1 is 1.14 bits per heavy atom. The molecule has 0 aromatic heterocycles. The van der Waals surface area contributed by atoms with E-state index in [0.29, 0.717) is 18.7 Å². The number of rotatable bonds is 5. The fourth-order valence-electron chi connectivity index (χ4n) is 3.02. The van der Waals surface area contributed by atoms with Crippen molar-refractivity contribution in [1.82, 2.24) is 4.90 Å². The fourth-order valence-corrected chi connectivity index (χ4v) is 3.40. The second-order valence-corrected chi connectivity index (χ2v) is 7.20. The van der Waals surface area contributed by atoms with Crippen LogP contribution in [0.2, 0.25) is 0 Å². The summed E-state index contributed by atoms with van der Waals surface area (Å²) >= 11 is 4.40. The number of aromatic carboxylic acids is 1. The van der Waals surface area contributed by atoms with Gasteiger partial charge in [0.15, 0.2) is 0 Å². The van der Waals surface area contributed by atoms with Crippen LogP contribution in [-0.2, 0) is 16.1 Å². The number of amides is 2. The molecule has 2 amide bonds. The Labute approximate surface area is 167 Å². The molecule has 0 aliphatic carbocycles. The van der Waals surface area contributed by atoms with E-state index in [0.717, 1.165) is 5.56 Å². The maximum absolute atomic E-state index is 12.7. The summed E-state index contributed by atoms with van der Waals surface area (Å²) in [4.78, 5) is 37.6. The van der Waals surface area contributed by atoms with E-state index in [9.17, 15) is 14.4 Å². The molecule has 2 atom stereocenters. The van der Waals surface area contributed by atoms with Gasteiger partial charge in [-0.15, -0.1) is 0 Å². The highest BCUT2D eigenvalue weighted by Crippen LogP contribution is 2.24. The topological polar surface area (TPSA) is 95.9 Å². The Morgan fingerprint density at radius 2 is 1.89 bits per heavy atom. The van der Waals surface area contributed by atoms with Crippen molar-refractivity contribution in [2.45, 2.75) is 24.3 Å². The summed E-state index contributed by atoms with van der Waals surface area (Å²) in [5.74, 6) is -1.49. The second kappa shape index (κ2) is 8.79. The second-order valence-electron chi connectivity index (χ2n) is 6.47. The van der Waals surface area contributed by atoms with E-state index in [1.807, 2.05) is 30.3 Å². The highest BCUT2D eigenvalue weighted by molar-refractivity contribution is 7.81. The first-order valence-corrected chi connectivity index (χ1v) is 9.25. The van der Waals surface area contributed by atoms with Crippen LogP contribution in [0.3, 0.4) is 0 Å². The number of hydrogen-bond acceptors (Lipinski definition) is 5. The molecular formula is C20H20N2O5S. The lowest BCUT2D eigenvalue weighted by Gasteiger charge is -2.23. The quantitative estimate of drug-likeness (QED) is 0.671. The maximum Gasteiger partial charge on any atom is 0.410 e. The van der Waals surface area contributed by atoms with Gasteiger partial charge >= 0.3 is 12.1 Å². The largest absolute Gasteiger partial charge is 0.478 e. The first-order valence-electron chi connectivity index (χ1n) is 8.73. The van der Waals surface area contributed by atoms with E-state index >= 15 is 0 Å². The normalized spacial score (nSPS) is 18.5. The van der Waals surface area contributed by atoms with E-state index in [1.54, 1.807) is 12.1 Å². The summed E-state index contributed by atoms with van der Waals surface area (Å²) in [6, 6.07) is 14.5. The molecule has 0 spiro atoms. The van der Waals surface area contributed by atoms with Crippen LogP contribution in [0.5, 0.6) is 0 Å². The highest BCUT2D eigenvalue weighted by atomic mass is 32.1. The number of carboxylic acid groups (broad SMARTS) is 1. The summed E-state index contributed by atoms with van der Waals surface area (Å²) in [7, 11) is 0. The first-order chi connectivity index (χ1) is 13.4. The zero-order valence-electron chi connectivity index (χ0n) is 14.9. The van der Waals surface area contributed by atoms with Gasteiger partial charge in [0.05, 0.1) is 5.56 Å². The number of ether oxygens (including phenoxy) is 1. The number of anilines is 1. The third kappa shape index (κ3) is 4.83. The molecule has 1 aliphatic heterocycles. The van der Waals surface area contributed by atoms with Gasteiger partial charge in [-0.2, -0.15) is 12.6 Å². The van der Waals surface area contributed by atoms with Crippen LogP contribution in [0.4, 0.5) is 10.5 Å². The van der Waals surface area contributed by atoms with Crippen LogP contribution < -0.4 is 5.32 Å². The van der Waals surface area contributed by atoms with Crippen molar-refractivity contribution in [3.05, 3.63) is 65.7 Å². The Balaban J connectivity index is 1.65. The maximum atomic E-state index is 12.7. The number of nitrogens with zero attached hydrogens (tertiary/aromatic N) is 1. The van der Waals surface area contributed by atoms with E-state index in [-0.39, 0.29) is 17.4 Å². The molecule has 146 valence electrons. The third-order valence-corrected chi connectivity index (χ3v) is 4.77. The van der Waals surface area contributed by atoms with Gasteiger partial charge in [0.2, 0.25) is 5.91 Å². The molecule has 2 aromatic rings. The predicted molar refractivity (Wildman–Crippen MR) is 107 cm³/mol. The predicted octanol–water partition coefficient (Wildman–Crippen LogP) is 3.03.